The largest absolute Gasteiger partial charge is 0.497 e. The highest BCUT2D eigenvalue weighted by molar-refractivity contribution is 7.08. The second kappa shape index (κ2) is 5.84. The maximum atomic E-state index is 5.28. The van der Waals surface area contributed by atoms with Crippen LogP contribution in [0.3, 0.4) is 0 Å². The van der Waals surface area contributed by atoms with Crippen LogP contribution in [-0.4, -0.2) is 13.7 Å². The number of rotatable bonds is 5. The topological polar surface area (TPSA) is 21.3 Å². The van der Waals surface area contributed by atoms with Crippen molar-refractivity contribution in [3.63, 3.8) is 0 Å². The fraction of sp³-hybridized carbons (Fsp3) is 0.286. The Morgan fingerprint density at radius 1 is 1.29 bits per heavy atom. The van der Waals surface area contributed by atoms with Crippen molar-refractivity contribution < 1.29 is 4.74 Å². The van der Waals surface area contributed by atoms with Gasteiger partial charge in [-0.2, -0.15) is 11.3 Å². The van der Waals surface area contributed by atoms with Crippen LogP contribution in [-0.2, 0) is 6.54 Å². The van der Waals surface area contributed by atoms with Gasteiger partial charge in [0.25, 0.3) is 0 Å². The lowest BCUT2D eigenvalue weighted by atomic mass is 10.0. The summed E-state index contributed by atoms with van der Waals surface area (Å²) in [5.41, 5.74) is 3.85. The van der Waals surface area contributed by atoms with Crippen LogP contribution in [0.5, 0.6) is 5.75 Å². The predicted octanol–water partition coefficient (Wildman–Crippen LogP) is 3.53. The van der Waals surface area contributed by atoms with Crippen LogP contribution in [0.2, 0.25) is 0 Å². The Morgan fingerprint density at radius 3 is 2.82 bits per heavy atom. The van der Waals surface area contributed by atoms with Crippen molar-refractivity contribution in [1.82, 2.24) is 5.32 Å². The van der Waals surface area contributed by atoms with Crippen LogP contribution in [0.4, 0.5) is 0 Å². The third-order valence-electron chi connectivity index (χ3n) is 2.71. The van der Waals surface area contributed by atoms with Gasteiger partial charge < -0.3 is 10.1 Å². The molecule has 0 aliphatic heterocycles. The number of benzene rings is 1. The van der Waals surface area contributed by atoms with E-state index >= 15 is 0 Å². The van der Waals surface area contributed by atoms with Crippen LogP contribution in [0, 0.1) is 0 Å². The quantitative estimate of drug-likeness (QED) is 0.872. The van der Waals surface area contributed by atoms with Crippen LogP contribution in [0.1, 0.15) is 12.5 Å². The SMILES string of the molecule is CCNCc1cc(OC)ccc1-c1ccsc1. The fourth-order valence-corrected chi connectivity index (χ4v) is 2.46. The molecule has 1 N–H and O–H groups in total. The maximum Gasteiger partial charge on any atom is 0.119 e. The summed E-state index contributed by atoms with van der Waals surface area (Å²) in [5.74, 6) is 0.914. The Hall–Kier alpha value is -1.32. The molecule has 2 nitrogen and oxygen atoms in total. The zero-order valence-corrected chi connectivity index (χ0v) is 11.0. The third kappa shape index (κ3) is 2.87. The van der Waals surface area contributed by atoms with Gasteiger partial charge in [0.05, 0.1) is 7.11 Å². The summed E-state index contributed by atoms with van der Waals surface area (Å²) in [7, 11) is 1.70. The second-order valence-electron chi connectivity index (χ2n) is 3.82. The van der Waals surface area contributed by atoms with E-state index in [1.807, 2.05) is 6.07 Å². The van der Waals surface area contributed by atoms with Crippen LogP contribution in [0.25, 0.3) is 11.1 Å². The summed E-state index contributed by atoms with van der Waals surface area (Å²) in [6.45, 7) is 3.96. The monoisotopic (exact) mass is 247 g/mol. The maximum absolute atomic E-state index is 5.28. The minimum atomic E-state index is 0.874. The molecular weight excluding hydrogens is 230 g/mol. The van der Waals surface area contributed by atoms with Gasteiger partial charge in [-0.25, -0.2) is 0 Å². The number of methoxy groups -OCH3 is 1. The standard InChI is InChI=1S/C14H17NOS/c1-3-15-9-12-8-13(16-2)4-5-14(12)11-6-7-17-10-11/h4-8,10,15H,3,9H2,1-2H3. The summed E-state index contributed by atoms with van der Waals surface area (Å²) >= 11 is 1.73. The van der Waals surface area contributed by atoms with Gasteiger partial charge in [-0.15, -0.1) is 0 Å². The molecular formula is C14H17NOS. The van der Waals surface area contributed by atoms with Gasteiger partial charge in [0.15, 0.2) is 0 Å². The highest BCUT2D eigenvalue weighted by Gasteiger charge is 2.06. The molecule has 3 heteroatoms. The van der Waals surface area contributed by atoms with Crippen LogP contribution in [0.15, 0.2) is 35.0 Å². The van der Waals surface area contributed by atoms with Crippen molar-refractivity contribution in [2.24, 2.45) is 0 Å². The van der Waals surface area contributed by atoms with Gasteiger partial charge in [0.2, 0.25) is 0 Å². The molecule has 0 saturated carbocycles. The molecule has 0 aliphatic carbocycles. The van der Waals surface area contributed by atoms with E-state index in [1.165, 1.54) is 16.7 Å². The second-order valence-corrected chi connectivity index (χ2v) is 4.60. The van der Waals surface area contributed by atoms with Crippen molar-refractivity contribution in [2.75, 3.05) is 13.7 Å². The van der Waals surface area contributed by atoms with Gasteiger partial charge in [0.1, 0.15) is 5.75 Å². The van der Waals surface area contributed by atoms with Crippen molar-refractivity contribution in [3.05, 3.63) is 40.6 Å². The third-order valence-corrected chi connectivity index (χ3v) is 3.39. The lowest BCUT2D eigenvalue weighted by Crippen LogP contribution is -2.12. The molecule has 1 aromatic heterocycles. The van der Waals surface area contributed by atoms with E-state index in [-0.39, 0.29) is 0 Å². The van der Waals surface area contributed by atoms with Crippen LogP contribution < -0.4 is 10.1 Å². The van der Waals surface area contributed by atoms with Gasteiger partial charge in [0, 0.05) is 6.54 Å². The molecule has 0 amide bonds. The van der Waals surface area contributed by atoms with Crippen LogP contribution >= 0.6 is 11.3 Å². The van der Waals surface area contributed by atoms with Gasteiger partial charge >= 0.3 is 0 Å². The highest BCUT2D eigenvalue weighted by atomic mass is 32.1. The summed E-state index contributed by atoms with van der Waals surface area (Å²) in [6.07, 6.45) is 0. The number of hydrogen-bond acceptors (Lipinski definition) is 3. The van der Waals surface area contributed by atoms with E-state index < -0.39 is 0 Å². The molecule has 0 atom stereocenters. The van der Waals surface area contributed by atoms with E-state index in [0.717, 1.165) is 18.8 Å². The molecule has 0 unspecified atom stereocenters. The minimum Gasteiger partial charge on any atom is -0.497 e. The fourth-order valence-electron chi connectivity index (χ4n) is 1.80. The first-order valence-electron chi connectivity index (χ1n) is 5.75. The molecule has 90 valence electrons. The minimum absolute atomic E-state index is 0.874. The molecule has 17 heavy (non-hydrogen) atoms. The van der Waals surface area contributed by atoms with Crippen molar-refractivity contribution in [3.8, 4) is 16.9 Å². The summed E-state index contributed by atoms with van der Waals surface area (Å²) < 4.78 is 5.28. The zero-order valence-electron chi connectivity index (χ0n) is 10.2. The van der Waals surface area contributed by atoms with Crippen molar-refractivity contribution in [2.45, 2.75) is 13.5 Å². The Kier molecular flexibility index (Phi) is 4.18. The molecule has 1 aromatic carbocycles. The Bertz CT molecular complexity index is 465. The number of hydrogen-bond donors (Lipinski definition) is 1. The summed E-state index contributed by atoms with van der Waals surface area (Å²) in [5, 5.41) is 7.65. The summed E-state index contributed by atoms with van der Waals surface area (Å²) in [6, 6.07) is 8.41. The van der Waals surface area contributed by atoms with Gasteiger partial charge in [-0.3, -0.25) is 0 Å². The van der Waals surface area contributed by atoms with Gasteiger partial charge in [-0.1, -0.05) is 13.0 Å². The Labute approximate surface area is 106 Å². The average molecular weight is 247 g/mol. The molecule has 0 fully saturated rings. The first-order chi connectivity index (χ1) is 8.35. The molecule has 2 rings (SSSR count). The summed E-state index contributed by atoms with van der Waals surface area (Å²) in [4.78, 5) is 0. The van der Waals surface area contributed by atoms with E-state index in [4.69, 9.17) is 4.74 Å². The normalized spacial score (nSPS) is 10.5. The molecule has 2 aromatic rings. The van der Waals surface area contributed by atoms with Crippen molar-refractivity contribution in [1.29, 1.82) is 0 Å². The molecule has 1 heterocycles. The molecule has 0 saturated heterocycles. The van der Waals surface area contributed by atoms with E-state index in [9.17, 15) is 0 Å². The lowest BCUT2D eigenvalue weighted by molar-refractivity contribution is 0.414. The Balaban J connectivity index is 2.36. The van der Waals surface area contributed by atoms with Gasteiger partial charge in [-0.05, 0) is 52.2 Å². The number of ether oxygens (including phenoxy) is 1. The lowest BCUT2D eigenvalue weighted by Gasteiger charge is -2.11. The van der Waals surface area contributed by atoms with E-state index in [2.05, 4.69) is 41.2 Å². The highest BCUT2D eigenvalue weighted by Crippen LogP contribution is 2.28. The van der Waals surface area contributed by atoms with E-state index in [1.54, 1.807) is 18.4 Å². The first kappa shape index (κ1) is 12.1. The molecule has 0 bridgehead atoms. The van der Waals surface area contributed by atoms with E-state index in [0.29, 0.717) is 0 Å². The molecule has 0 aliphatic rings. The Morgan fingerprint density at radius 2 is 2.18 bits per heavy atom. The zero-order chi connectivity index (χ0) is 12.1. The molecule has 0 spiro atoms. The smallest absolute Gasteiger partial charge is 0.119 e. The molecule has 0 radical (unpaired) electrons. The average Bonchev–Trinajstić information content (AvgIpc) is 2.89. The number of nitrogens with one attached hydrogen (secondary N) is 1. The first-order valence-corrected chi connectivity index (χ1v) is 6.69. The number of thiophene rings is 1. The van der Waals surface area contributed by atoms with Crippen molar-refractivity contribution >= 4 is 11.3 Å². The predicted molar refractivity (Wildman–Crippen MR) is 73.7 cm³/mol.